The number of nitrogens with zero attached hydrogens (tertiary/aromatic N) is 2. The number of benzene rings is 1. The highest BCUT2D eigenvalue weighted by molar-refractivity contribution is 6.04. The van der Waals surface area contributed by atoms with Gasteiger partial charge in [-0.25, -0.2) is 14.2 Å². The third-order valence-corrected chi connectivity index (χ3v) is 3.86. The van der Waals surface area contributed by atoms with Crippen LogP contribution in [-0.4, -0.2) is 27.9 Å². The van der Waals surface area contributed by atoms with Crippen LogP contribution >= 0.6 is 0 Å². The predicted molar refractivity (Wildman–Crippen MR) is 94.9 cm³/mol. The van der Waals surface area contributed by atoms with Crippen LogP contribution in [0.25, 0.3) is 5.65 Å². The summed E-state index contributed by atoms with van der Waals surface area (Å²) in [5.74, 6) is -1.27. The smallest absolute Gasteiger partial charge is 0.338 e. The van der Waals surface area contributed by atoms with Gasteiger partial charge in [0, 0.05) is 11.9 Å². The zero-order chi connectivity index (χ0) is 18.7. The second-order valence-electron chi connectivity index (χ2n) is 5.59. The lowest BCUT2D eigenvalue weighted by Crippen LogP contribution is -2.16. The number of imidazole rings is 1. The second-order valence-corrected chi connectivity index (χ2v) is 5.59. The van der Waals surface area contributed by atoms with Crippen molar-refractivity contribution in [3.63, 3.8) is 0 Å². The maximum atomic E-state index is 13.6. The molecule has 0 aliphatic carbocycles. The number of amides is 1. The van der Waals surface area contributed by atoms with Crippen LogP contribution in [-0.2, 0) is 11.2 Å². The highest BCUT2D eigenvalue weighted by atomic mass is 19.1. The normalized spacial score (nSPS) is 10.7. The highest BCUT2D eigenvalue weighted by Gasteiger charge is 2.19. The fraction of sp³-hybridized carbons (Fsp3) is 0.211. The van der Waals surface area contributed by atoms with Crippen LogP contribution in [0.3, 0.4) is 0 Å². The maximum absolute atomic E-state index is 13.6. The number of aryl methyl sites for hydroxylation is 1. The van der Waals surface area contributed by atoms with Gasteiger partial charge in [0.05, 0.1) is 17.9 Å². The lowest BCUT2D eigenvalue weighted by atomic mass is 10.2. The molecule has 0 saturated carbocycles. The number of carbonyl (C=O) groups is 2. The van der Waals surface area contributed by atoms with Gasteiger partial charge in [-0.2, -0.15) is 0 Å². The largest absolute Gasteiger partial charge is 0.462 e. The standard InChI is InChI=1S/C19H18FN3O3/c1-3-15-17(23-11-13(20)7-10-16(23)22-15)18(24)21-14-8-5-12(6-9-14)19(25)26-4-2/h5-11H,3-4H2,1-2H3,(H,21,24). The minimum Gasteiger partial charge on any atom is -0.462 e. The summed E-state index contributed by atoms with van der Waals surface area (Å²) in [5.41, 5.74) is 2.28. The van der Waals surface area contributed by atoms with Gasteiger partial charge in [-0.1, -0.05) is 6.92 Å². The quantitative estimate of drug-likeness (QED) is 0.712. The van der Waals surface area contributed by atoms with Crippen LogP contribution in [0.4, 0.5) is 10.1 Å². The van der Waals surface area contributed by atoms with Crippen molar-refractivity contribution in [3.05, 3.63) is 65.4 Å². The van der Waals surface area contributed by atoms with E-state index in [9.17, 15) is 14.0 Å². The number of esters is 1. The first-order valence-electron chi connectivity index (χ1n) is 8.28. The molecule has 134 valence electrons. The van der Waals surface area contributed by atoms with Crippen LogP contribution in [0.15, 0.2) is 42.6 Å². The third kappa shape index (κ3) is 3.42. The molecule has 2 heterocycles. The van der Waals surface area contributed by atoms with Crippen molar-refractivity contribution in [1.29, 1.82) is 0 Å². The molecule has 1 amide bonds. The van der Waals surface area contributed by atoms with Gasteiger partial charge in [0.1, 0.15) is 17.2 Å². The minimum atomic E-state index is -0.453. The molecule has 6 nitrogen and oxygen atoms in total. The summed E-state index contributed by atoms with van der Waals surface area (Å²) >= 11 is 0. The summed E-state index contributed by atoms with van der Waals surface area (Å²) in [6.07, 6.45) is 1.77. The molecule has 0 saturated heterocycles. The summed E-state index contributed by atoms with van der Waals surface area (Å²) in [7, 11) is 0. The molecule has 2 aromatic heterocycles. The Morgan fingerprint density at radius 3 is 2.54 bits per heavy atom. The van der Waals surface area contributed by atoms with Crippen molar-refractivity contribution >= 4 is 23.2 Å². The first kappa shape index (κ1) is 17.6. The van der Waals surface area contributed by atoms with Crippen LogP contribution in [0, 0.1) is 5.82 Å². The molecule has 0 aliphatic heterocycles. The predicted octanol–water partition coefficient (Wildman–Crippen LogP) is 3.46. The highest BCUT2D eigenvalue weighted by Crippen LogP contribution is 2.17. The van der Waals surface area contributed by atoms with Gasteiger partial charge in [0.25, 0.3) is 5.91 Å². The fourth-order valence-corrected chi connectivity index (χ4v) is 2.65. The number of pyridine rings is 1. The summed E-state index contributed by atoms with van der Waals surface area (Å²) in [4.78, 5) is 28.8. The van der Waals surface area contributed by atoms with Crippen LogP contribution in [0.5, 0.6) is 0 Å². The van der Waals surface area contributed by atoms with E-state index in [1.807, 2.05) is 6.92 Å². The Balaban J connectivity index is 1.87. The van der Waals surface area contributed by atoms with Crippen molar-refractivity contribution in [1.82, 2.24) is 9.38 Å². The fourth-order valence-electron chi connectivity index (χ4n) is 2.65. The topological polar surface area (TPSA) is 72.7 Å². The zero-order valence-electron chi connectivity index (χ0n) is 14.5. The number of aromatic nitrogens is 2. The molecule has 0 unspecified atom stereocenters. The molecule has 7 heteroatoms. The summed E-state index contributed by atoms with van der Waals surface area (Å²) in [6, 6.07) is 9.20. The molecule has 0 aliphatic rings. The number of ether oxygens (including phenoxy) is 1. The zero-order valence-corrected chi connectivity index (χ0v) is 14.5. The third-order valence-electron chi connectivity index (χ3n) is 3.86. The molecule has 0 atom stereocenters. The molecule has 3 aromatic rings. The van der Waals surface area contributed by atoms with E-state index in [-0.39, 0.29) is 5.69 Å². The van der Waals surface area contributed by atoms with E-state index in [0.717, 1.165) is 0 Å². The average Bonchev–Trinajstić information content (AvgIpc) is 3.00. The van der Waals surface area contributed by atoms with E-state index in [4.69, 9.17) is 4.74 Å². The van der Waals surface area contributed by atoms with Gasteiger partial charge in [-0.3, -0.25) is 9.20 Å². The second kappa shape index (κ2) is 7.35. The number of carbonyl (C=O) groups excluding carboxylic acids is 2. The van der Waals surface area contributed by atoms with E-state index in [1.54, 1.807) is 31.2 Å². The number of nitrogens with one attached hydrogen (secondary N) is 1. The lowest BCUT2D eigenvalue weighted by molar-refractivity contribution is 0.0526. The number of fused-ring (bicyclic) bond motifs is 1. The Labute approximate surface area is 149 Å². The molecular formula is C19H18FN3O3. The van der Waals surface area contributed by atoms with Crippen LogP contribution in [0.1, 0.15) is 40.4 Å². The molecule has 3 rings (SSSR count). The molecule has 26 heavy (non-hydrogen) atoms. The van der Waals surface area contributed by atoms with Gasteiger partial charge in [0.15, 0.2) is 0 Å². The number of hydrogen-bond donors (Lipinski definition) is 1. The maximum Gasteiger partial charge on any atom is 0.338 e. The number of rotatable bonds is 5. The molecule has 0 spiro atoms. The van der Waals surface area contributed by atoms with Gasteiger partial charge in [-0.05, 0) is 49.7 Å². The molecular weight excluding hydrogens is 337 g/mol. The van der Waals surface area contributed by atoms with Crippen molar-refractivity contribution < 1.29 is 18.7 Å². The number of anilines is 1. The first-order chi connectivity index (χ1) is 12.5. The van der Waals surface area contributed by atoms with Crippen molar-refractivity contribution in [3.8, 4) is 0 Å². The average molecular weight is 355 g/mol. The SMILES string of the molecule is CCOC(=O)c1ccc(NC(=O)c2c(CC)nc3ccc(F)cn23)cc1. The lowest BCUT2D eigenvalue weighted by Gasteiger charge is -2.08. The number of halogens is 1. The molecule has 0 bridgehead atoms. The van der Waals surface area contributed by atoms with Gasteiger partial charge in [0.2, 0.25) is 0 Å². The van der Waals surface area contributed by atoms with Crippen molar-refractivity contribution in [2.24, 2.45) is 0 Å². The molecule has 0 fully saturated rings. The van der Waals surface area contributed by atoms with Gasteiger partial charge >= 0.3 is 5.97 Å². The van der Waals surface area contributed by atoms with E-state index in [2.05, 4.69) is 10.3 Å². The van der Waals surface area contributed by atoms with Crippen LogP contribution in [0.2, 0.25) is 0 Å². The van der Waals surface area contributed by atoms with Gasteiger partial charge in [-0.15, -0.1) is 0 Å². The molecule has 1 N–H and O–H groups in total. The van der Waals surface area contributed by atoms with E-state index >= 15 is 0 Å². The summed E-state index contributed by atoms with van der Waals surface area (Å²) in [6.45, 7) is 3.90. The Morgan fingerprint density at radius 2 is 1.88 bits per heavy atom. The first-order valence-corrected chi connectivity index (χ1v) is 8.28. The van der Waals surface area contributed by atoms with Crippen molar-refractivity contribution in [2.45, 2.75) is 20.3 Å². The van der Waals surface area contributed by atoms with Gasteiger partial charge < -0.3 is 10.1 Å². The van der Waals surface area contributed by atoms with Crippen molar-refractivity contribution in [2.75, 3.05) is 11.9 Å². The summed E-state index contributed by atoms with van der Waals surface area (Å²) in [5, 5.41) is 2.75. The Hall–Kier alpha value is -3.22. The Bertz CT molecular complexity index is 964. The Morgan fingerprint density at radius 1 is 1.15 bits per heavy atom. The van der Waals surface area contributed by atoms with Crippen LogP contribution < -0.4 is 5.32 Å². The molecule has 0 radical (unpaired) electrons. The van der Waals surface area contributed by atoms with E-state index < -0.39 is 17.7 Å². The van der Waals surface area contributed by atoms with E-state index in [1.165, 1.54) is 22.7 Å². The monoisotopic (exact) mass is 355 g/mol. The number of hydrogen-bond acceptors (Lipinski definition) is 4. The molecule has 1 aromatic carbocycles. The van der Waals surface area contributed by atoms with E-state index in [0.29, 0.717) is 35.6 Å². The Kier molecular flexibility index (Phi) is 4.97. The summed E-state index contributed by atoms with van der Waals surface area (Å²) < 4.78 is 19.9. The minimum absolute atomic E-state index is 0.288.